The van der Waals surface area contributed by atoms with E-state index in [2.05, 4.69) is 15.9 Å². The Kier molecular flexibility index (Phi) is 4.55. The number of benzene rings is 4. The molecule has 1 aromatic heterocycles. The highest BCUT2D eigenvalue weighted by Gasteiger charge is 2.22. The van der Waals surface area contributed by atoms with Gasteiger partial charge in [0, 0.05) is 34.2 Å². The topological polar surface area (TPSA) is 48.1 Å². The molecule has 31 heavy (non-hydrogen) atoms. The molecule has 4 aromatic carbocycles. The van der Waals surface area contributed by atoms with Gasteiger partial charge in [-0.15, -0.1) is 0 Å². The Balaban J connectivity index is 1.85. The van der Waals surface area contributed by atoms with Crippen LogP contribution in [0.5, 0.6) is 0 Å². The summed E-state index contributed by atoms with van der Waals surface area (Å²) < 4.78 is 30.4. The minimum atomic E-state index is -0.872. The Morgan fingerprint density at radius 1 is 0.774 bits per heavy atom. The van der Waals surface area contributed by atoms with E-state index < -0.39 is 16.6 Å². The van der Waals surface area contributed by atoms with E-state index in [9.17, 15) is 18.9 Å². The van der Waals surface area contributed by atoms with Gasteiger partial charge < -0.3 is 4.57 Å². The fourth-order valence-corrected chi connectivity index (χ4v) is 4.31. The van der Waals surface area contributed by atoms with Crippen LogP contribution in [0.2, 0.25) is 0 Å². The molecule has 4 nitrogen and oxygen atoms in total. The highest BCUT2D eigenvalue weighted by molar-refractivity contribution is 9.10. The fourth-order valence-electron chi connectivity index (χ4n) is 3.97. The number of hydrogen-bond donors (Lipinski definition) is 0. The Morgan fingerprint density at radius 3 is 2.00 bits per heavy atom. The molecule has 5 rings (SSSR count). The third kappa shape index (κ3) is 3.09. The lowest BCUT2D eigenvalue weighted by Crippen LogP contribution is -1.99. The predicted octanol–water partition coefficient (Wildman–Crippen LogP) is 7.40. The van der Waals surface area contributed by atoms with E-state index in [-0.39, 0.29) is 21.3 Å². The molecule has 0 unspecified atom stereocenters. The third-order valence-corrected chi connectivity index (χ3v) is 5.92. The first-order chi connectivity index (χ1) is 15.0. The predicted molar refractivity (Wildman–Crippen MR) is 120 cm³/mol. The zero-order chi connectivity index (χ0) is 21.7. The minimum Gasteiger partial charge on any atom is -0.309 e. The molecule has 0 saturated carbocycles. The number of hydrogen-bond acceptors (Lipinski definition) is 2. The lowest BCUT2D eigenvalue weighted by Gasteiger charge is -2.12. The molecule has 0 radical (unpaired) electrons. The number of fused-ring (bicyclic) bond motifs is 3. The van der Waals surface area contributed by atoms with Gasteiger partial charge in [-0.3, -0.25) is 10.1 Å². The van der Waals surface area contributed by atoms with Crippen LogP contribution in [0.15, 0.2) is 83.3 Å². The minimum absolute atomic E-state index is 0.0282. The maximum Gasteiger partial charge on any atom is 0.277 e. The molecule has 0 fully saturated rings. The molecule has 0 bridgehead atoms. The highest BCUT2D eigenvalue weighted by Crippen LogP contribution is 2.38. The van der Waals surface area contributed by atoms with Crippen LogP contribution >= 0.6 is 15.9 Å². The summed E-state index contributed by atoms with van der Waals surface area (Å²) >= 11 is 3.04. The summed E-state index contributed by atoms with van der Waals surface area (Å²) in [7, 11) is 0. The molecular formula is C24H13BrF2N2O2. The van der Waals surface area contributed by atoms with E-state index >= 15 is 0 Å². The quantitative estimate of drug-likeness (QED) is 0.154. The number of halogens is 3. The zero-order valence-electron chi connectivity index (χ0n) is 15.9. The van der Waals surface area contributed by atoms with Crippen molar-refractivity contribution in [3.63, 3.8) is 0 Å². The third-order valence-electron chi connectivity index (χ3n) is 5.32. The average molecular weight is 479 g/mol. The Hall–Kier alpha value is -3.58. The zero-order valence-corrected chi connectivity index (χ0v) is 17.4. The van der Waals surface area contributed by atoms with Crippen molar-refractivity contribution in [2.24, 2.45) is 0 Å². The molecule has 0 atom stereocenters. The first kappa shape index (κ1) is 19.4. The van der Waals surface area contributed by atoms with Crippen LogP contribution in [0.25, 0.3) is 38.6 Å². The molecule has 5 aromatic rings. The van der Waals surface area contributed by atoms with E-state index in [0.717, 1.165) is 27.9 Å². The summed E-state index contributed by atoms with van der Waals surface area (Å²) in [5.41, 5.74) is 2.23. The first-order valence-corrected chi connectivity index (χ1v) is 10.2. The molecule has 0 aliphatic heterocycles. The van der Waals surface area contributed by atoms with Crippen molar-refractivity contribution >= 4 is 43.4 Å². The van der Waals surface area contributed by atoms with Crippen molar-refractivity contribution < 1.29 is 13.7 Å². The van der Waals surface area contributed by atoms with Gasteiger partial charge in [0.2, 0.25) is 0 Å². The maximum atomic E-state index is 14.6. The molecule has 0 spiro atoms. The number of nitrogens with zero attached hydrogens (tertiary/aromatic N) is 2. The SMILES string of the molecule is O=[N+]([O-])c1ccc(-n2c3ccccc3c3ccccc32)cc1-c1cc(Br)c(F)cc1F. The number of nitro groups is 1. The normalized spacial score (nSPS) is 11.3. The van der Waals surface area contributed by atoms with E-state index in [1.54, 1.807) is 12.1 Å². The van der Waals surface area contributed by atoms with Crippen molar-refractivity contribution in [3.05, 3.63) is 105 Å². The monoisotopic (exact) mass is 478 g/mol. The molecule has 0 amide bonds. The number of aromatic nitrogens is 1. The van der Waals surface area contributed by atoms with E-state index in [1.165, 1.54) is 12.1 Å². The Bertz CT molecular complexity index is 1460. The highest BCUT2D eigenvalue weighted by atomic mass is 79.9. The first-order valence-electron chi connectivity index (χ1n) is 9.37. The van der Waals surface area contributed by atoms with Gasteiger partial charge in [0.15, 0.2) is 0 Å². The Labute approximate surface area is 183 Å². The smallest absolute Gasteiger partial charge is 0.277 e. The summed E-state index contributed by atoms with van der Waals surface area (Å²) in [6.07, 6.45) is 0. The van der Waals surface area contributed by atoms with Gasteiger partial charge in [0.25, 0.3) is 5.69 Å². The second-order valence-corrected chi connectivity index (χ2v) is 7.93. The summed E-state index contributed by atoms with van der Waals surface area (Å²) in [5, 5.41) is 13.7. The molecular weight excluding hydrogens is 466 g/mol. The molecule has 7 heteroatoms. The van der Waals surface area contributed by atoms with E-state index in [0.29, 0.717) is 5.69 Å². The number of nitro benzene ring substituents is 1. The van der Waals surface area contributed by atoms with Crippen molar-refractivity contribution in [2.75, 3.05) is 0 Å². The summed E-state index contributed by atoms with van der Waals surface area (Å²) in [6, 6.07) is 22.2. The van der Waals surface area contributed by atoms with E-state index in [4.69, 9.17) is 0 Å². The van der Waals surface area contributed by atoms with Crippen LogP contribution in [0, 0.1) is 21.7 Å². The van der Waals surface area contributed by atoms with Gasteiger partial charge in [-0.05, 0) is 46.3 Å². The van der Waals surface area contributed by atoms with Crippen molar-refractivity contribution in [2.45, 2.75) is 0 Å². The van der Waals surface area contributed by atoms with E-state index in [1.807, 2.05) is 53.1 Å². The molecule has 0 aliphatic carbocycles. The second-order valence-electron chi connectivity index (χ2n) is 7.07. The molecule has 1 heterocycles. The van der Waals surface area contributed by atoms with Crippen molar-refractivity contribution in [1.29, 1.82) is 0 Å². The van der Waals surface area contributed by atoms with Crippen molar-refractivity contribution in [3.8, 4) is 16.8 Å². The molecule has 0 saturated heterocycles. The summed E-state index contributed by atoms with van der Waals surface area (Å²) in [4.78, 5) is 11.1. The molecule has 0 aliphatic rings. The summed E-state index contributed by atoms with van der Waals surface area (Å²) in [6.45, 7) is 0. The molecule has 0 N–H and O–H groups in total. The van der Waals surface area contributed by atoms with Gasteiger partial charge >= 0.3 is 0 Å². The number of rotatable bonds is 3. The standard InChI is InChI=1S/C24H13BrF2N2O2/c25-19-12-17(20(26)13-21(19)27)18-11-14(9-10-24(18)29(30)31)28-22-7-3-1-5-15(22)16-6-2-4-8-23(16)28/h1-13H. The van der Waals surface area contributed by atoms with Crippen LogP contribution in [-0.4, -0.2) is 9.49 Å². The fraction of sp³-hybridized carbons (Fsp3) is 0. The van der Waals surface area contributed by atoms with Gasteiger partial charge in [0.05, 0.1) is 26.0 Å². The van der Waals surface area contributed by atoms with Gasteiger partial charge in [-0.25, -0.2) is 8.78 Å². The molecule has 152 valence electrons. The van der Waals surface area contributed by atoms with Crippen molar-refractivity contribution in [1.82, 2.24) is 4.57 Å². The van der Waals surface area contributed by atoms with Gasteiger partial charge in [0.1, 0.15) is 11.6 Å². The average Bonchev–Trinajstić information content (AvgIpc) is 3.10. The van der Waals surface area contributed by atoms with Gasteiger partial charge in [-0.1, -0.05) is 36.4 Å². The van der Waals surface area contributed by atoms with Crippen LogP contribution in [0.1, 0.15) is 0 Å². The van der Waals surface area contributed by atoms with Crippen LogP contribution in [0.4, 0.5) is 14.5 Å². The van der Waals surface area contributed by atoms with Gasteiger partial charge in [-0.2, -0.15) is 0 Å². The maximum absolute atomic E-state index is 14.6. The van der Waals surface area contributed by atoms with Crippen LogP contribution in [0.3, 0.4) is 0 Å². The Morgan fingerprint density at radius 2 is 1.39 bits per heavy atom. The summed E-state index contributed by atoms with van der Waals surface area (Å²) in [5.74, 6) is -1.65. The lowest BCUT2D eigenvalue weighted by molar-refractivity contribution is -0.384. The van der Waals surface area contributed by atoms with Crippen LogP contribution < -0.4 is 0 Å². The second kappa shape index (κ2) is 7.28. The number of para-hydroxylation sites is 2. The lowest BCUT2D eigenvalue weighted by atomic mass is 10.0. The van der Waals surface area contributed by atoms with Crippen LogP contribution in [-0.2, 0) is 0 Å². The largest absolute Gasteiger partial charge is 0.309 e.